The van der Waals surface area contributed by atoms with E-state index in [9.17, 15) is 9.59 Å². The van der Waals surface area contributed by atoms with Crippen LogP contribution in [0.25, 0.3) is 6.08 Å². The lowest BCUT2D eigenvalue weighted by Gasteiger charge is -2.09. The number of ether oxygens (including phenoxy) is 2. The average Bonchev–Trinajstić information content (AvgIpc) is 3.01. The van der Waals surface area contributed by atoms with Gasteiger partial charge in [0.25, 0.3) is 5.91 Å². The van der Waals surface area contributed by atoms with Crippen molar-refractivity contribution < 1.29 is 19.1 Å². The smallest absolute Gasteiger partial charge is 0.338 e. The zero-order chi connectivity index (χ0) is 23.3. The molecule has 0 unspecified atom stereocenters. The molecule has 0 atom stereocenters. The molecule has 1 aliphatic heterocycles. The van der Waals surface area contributed by atoms with E-state index in [0.29, 0.717) is 40.3 Å². The van der Waals surface area contributed by atoms with Gasteiger partial charge in [0.2, 0.25) is 0 Å². The molecule has 1 fully saturated rings. The Balaban J connectivity index is 1.82. The van der Waals surface area contributed by atoms with Crippen molar-refractivity contribution in [3.05, 3.63) is 74.0 Å². The highest BCUT2D eigenvalue weighted by Crippen LogP contribution is 2.38. The summed E-state index contributed by atoms with van der Waals surface area (Å²) in [5, 5.41) is 0.550. The van der Waals surface area contributed by atoms with Crippen LogP contribution in [0.15, 0.2) is 67.9 Å². The number of likely N-dealkylation sites (N-methyl/N-ethyl adjacent to an activating group) is 1. The Bertz CT molecular complexity index is 1090. The summed E-state index contributed by atoms with van der Waals surface area (Å²) in [7, 11) is 1.68. The van der Waals surface area contributed by atoms with Gasteiger partial charge >= 0.3 is 5.97 Å². The lowest BCUT2D eigenvalue weighted by atomic mass is 10.2. The van der Waals surface area contributed by atoms with Gasteiger partial charge in [-0.05, 0) is 98.6 Å². The molecule has 6 nitrogen and oxygen atoms in total. The second-order valence-corrected chi connectivity index (χ2v) is 9.27. The van der Waals surface area contributed by atoms with Crippen molar-refractivity contribution in [1.29, 1.82) is 0 Å². The Kier molecular flexibility index (Phi) is 8.33. The summed E-state index contributed by atoms with van der Waals surface area (Å²) in [5.74, 6) is 0.150. The third kappa shape index (κ3) is 5.70. The molecule has 32 heavy (non-hydrogen) atoms. The molecule has 1 heterocycles. The number of halogens is 2. The largest absolute Gasteiger partial charge is 0.487 e. The molecule has 1 aliphatic rings. The van der Waals surface area contributed by atoms with E-state index in [1.165, 1.54) is 16.7 Å². The fourth-order valence-electron chi connectivity index (χ4n) is 2.74. The van der Waals surface area contributed by atoms with Gasteiger partial charge in [-0.1, -0.05) is 12.7 Å². The van der Waals surface area contributed by atoms with Crippen LogP contribution in [0.5, 0.6) is 5.75 Å². The van der Waals surface area contributed by atoms with Gasteiger partial charge in [-0.25, -0.2) is 9.79 Å². The van der Waals surface area contributed by atoms with E-state index in [2.05, 4.69) is 43.4 Å². The minimum Gasteiger partial charge on any atom is -0.487 e. The molecular weight excluding hydrogens is 560 g/mol. The number of rotatable bonds is 7. The molecule has 9 heteroatoms. The van der Waals surface area contributed by atoms with E-state index in [-0.39, 0.29) is 11.9 Å². The third-order valence-electron chi connectivity index (χ3n) is 4.27. The normalized spacial score (nSPS) is 16.0. The molecule has 166 valence electrons. The van der Waals surface area contributed by atoms with Crippen molar-refractivity contribution in [2.24, 2.45) is 4.99 Å². The second kappa shape index (κ2) is 11.0. The van der Waals surface area contributed by atoms with Crippen molar-refractivity contribution in [1.82, 2.24) is 4.90 Å². The maximum Gasteiger partial charge on any atom is 0.338 e. The van der Waals surface area contributed by atoms with Gasteiger partial charge < -0.3 is 9.47 Å². The summed E-state index contributed by atoms with van der Waals surface area (Å²) in [5.41, 5.74) is 1.92. The van der Waals surface area contributed by atoms with Crippen LogP contribution in [0.1, 0.15) is 22.8 Å². The molecule has 2 aromatic carbocycles. The topological polar surface area (TPSA) is 68.2 Å². The van der Waals surface area contributed by atoms with E-state index in [4.69, 9.17) is 9.47 Å². The summed E-state index contributed by atoms with van der Waals surface area (Å²) in [6.45, 7) is 6.12. The molecule has 3 rings (SSSR count). The first-order chi connectivity index (χ1) is 15.3. The Morgan fingerprint density at radius 3 is 2.47 bits per heavy atom. The van der Waals surface area contributed by atoms with Crippen LogP contribution in [-0.4, -0.2) is 42.2 Å². The first-order valence-electron chi connectivity index (χ1n) is 9.60. The van der Waals surface area contributed by atoms with Crippen molar-refractivity contribution >= 4 is 72.4 Å². The molecule has 0 saturated carbocycles. The number of carbonyl (C=O) groups is 2. The van der Waals surface area contributed by atoms with Gasteiger partial charge in [0.15, 0.2) is 5.17 Å². The number of hydrogen-bond acceptors (Lipinski definition) is 6. The van der Waals surface area contributed by atoms with E-state index in [0.717, 1.165) is 14.5 Å². The number of benzene rings is 2. The van der Waals surface area contributed by atoms with Gasteiger partial charge in [-0.3, -0.25) is 9.69 Å². The minimum absolute atomic E-state index is 0.142. The number of amidine groups is 1. The summed E-state index contributed by atoms with van der Waals surface area (Å²) in [4.78, 5) is 31.1. The van der Waals surface area contributed by atoms with E-state index >= 15 is 0 Å². The molecule has 0 bridgehead atoms. The van der Waals surface area contributed by atoms with Gasteiger partial charge in [0, 0.05) is 7.05 Å². The lowest BCUT2D eigenvalue weighted by Crippen LogP contribution is -2.23. The zero-order valence-corrected chi connectivity index (χ0v) is 21.4. The van der Waals surface area contributed by atoms with Gasteiger partial charge in [-0.2, -0.15) is 0 Å². The first-order valence-corrected chi connectivity index (χ1v) is 12.0. The van der Waals surface area contributed by atoms with Crippen LogP contribution in [0, 0.1) is 0 Å². The summed E-state index contributed by atoms with van der Waals surface area (Å²) in [6.07, 6.45) is 3.48. The number of aliphatic imine (C=N–C) groups is 1. The Morgan fingerprint density at radius 2 is 1.88 bits per heavy atom. The van der Waals surface area contributed by atoms with Crippen molar-refractivity contribution in [2.45, 2.75) is 6.92 Å². The minimum atomic E-state index is -0.377. The standard InChI is InChI=1S/C23H20Br2N2O4S/c1-4-10-31-20-17(24)11-14(12-18(20)25)13-19-21(28)27(3)23(32-19)26-16-8-6-15(7-9-16)22(29)30-5-2/h4,6-9,11-13H,1,5,10H2,2-3H3/b19-13-,26-23?. The monoisotopic (exact) mass is 578 g/mol. The zero-order valence-electron chi connectivity index (χ0n) is 17.4. The SMILES string of the molecule is C=CCOc1c(Br)cc(/C=C2\SC(=Nc3ccc(C(=O)OCC)cc3)N(C)C2=O)cc1Br. The second-order valence-electron chi connectivity index (χ2n) is 6.55. The summed E-state index contributed by atoms with van der Waals surface area (Å²) in [6, 6.07) is 10.5. The van der Waals surface area contributed by atoms with E-state index in [1.807, 2.05) is 18.2 Å². The number of thioether (sulfide) groups is 1. The van der Waals surface area contributed by atoms with Crippen LogP contribution in [0.4, 0.5) is 5.69 Å². The predicted octanol–water partition coefficient (Wildman–Crippen LogP) is 6.19. The van der Waals surface area contributed by atoms with Crippen LogP contribution in [0.3, 0.4) is 0 Å². The highest BCUT2D eigenvalue weighted by atomic mass is 79.9. The van der Waals surface area contributed by atoms with Crippen LogP contribution >= 0.6 is 43.6 Å². The predicted molar refractivity (Wildman–Crippen MR) is 135 cm³/mol. The summed E-state index contributed by atoms with van der Waals surface area (Å²) >= 11 is 8.30. The van der Waals surface area contributed by atoms with Crippen LogP contribution in [-0.2, 0) is 9.53 Å². The first kappa shape index (κ1) is 24.3. The molecule has 0 spiro atoms. The van der Waals surface area contributed by atoms with Crippen molar-refractivity contribution in [2.75, 3.05) is 20.3 Å². The number of hydrogen-bond donors (Lipinski definition) is 0. The molecular formula is C23H20Br2N2O4S. The Morgan fingerprint density at radius 1 is 1.22 bits per heavy atom. The van der Waals surface area contributed by atoms with Crippen LogP contribution in [0.2, 0.25) is 0 Å². The van der Waals surface area contributed by atoms with E-state index < -0.39 is 0 Å². The maximum absolute atomic E-state index is 12.7. The van der Waals surface area contributed by atoms with Crippen LogP contribution < -0.4 is 4.74 Å². The fourth-order valence-corrected chi connectivity index (χ4v) is 5.18. The molecule has 0 aromatic heterocycles. The van der Waals surface area contributed by atoms with Gasteiger partial charge in [0.1, 0.15) is 12.4 Å². The molecule has 1 amide bonds. The quantitative estimate of drug-likeness (QED) is 0.222. The highest BCUT2D eigenvalue weighted by molar-refractivity contribution is 9.11. The lowest BCUT2D eigenvalue weighted by molar-refractivity contribution is -0.121. The molecule has 0 radical (unpaired) electrons. The highest BCUT2D eigenvalue weighted by Gasteiger charge is 2.30. The molecule has 2 aromatic rings. The van der Waals surface area contributed by atoms with E-state index in [1.54, 1.807) is 44.3 Å². The average molecular weight is 580 g/mol. The molecule has 0 aliphatic carbocycles. The molecule has 1 saturated heterocycles. The number of amides is 1. The fraction of sp³-hybridized carbons (Fsp3) is 0.174. The van der Waals surface area contributed by atoms with Crippen molar-refractivity contribution in [3.63, 3.8) is 0 Å². The third-order valence-corrected chi connectivity index (χ3v) is 6.51. The number of nitrogens with zero attached hydrogens (tertiary/aromatic N) is 2. The summed E-state index contributed by atoms with van der Waals surface area (Å²) < 4.78 is 12.2. The Hall–Kier alpha value is -2.36. The van der Waals surface area contributed by atoms with Crippen molar-refractivity contribution in [3.8, 4) is 5.75 Å². The van der Waals surface area contributed by atoms with Gasteiger partial charge in [0.05, 0.1) is 31.7 Å². The maximum atomic E-state index is 12.7. The molecule has 0 N–H and O–H groups in total. The number of carbonyl (C=O) groups excluding carboxylic acids is 2. The number of esters is 1. The Labute approximate surface area is 207 Å². The van der Waals surface area contributed by atoms with Gasteiger partial charge in [-0.15, -0.1) is 0 Å².